The molecule has 4 fully saturated rings. The molecule has 186 valence electrons. The molecule has 0 aromatic heterocycles. The summed E-state index contributed by atoms with van der Waals surface area (Å²) in [4.78, 5) is 11.7. The number of fused-ring (bicyclic) bond motifs is 7. The second-order valence-corrected chi connectivity index (χ2v) is 12.8. The van der Waals surface area contributed by atoms with E-state index in [0.717, 1.165) is 44.9 Å². The van der Waals surface area contributed by atoms with Gasteiger partial charge in [-0.25, -0.2) is 4.39 Å². The summed E-state index contributed by atoms with van der Waals surface area (Å²) >= 11 is 0. The number of rotatable bonds is 4. The monoisotopic (exact) mass is 462 g/mol. The fourth-order valence-corrected chi connectivity index (χ4v) is 9.17. The highest BCUT2D eigenvalue weighted by atomic mass is 19.1. The Hall–Kier alpha value is -0.940. The van der Waals surface area contributed by atoms with Crippen LogP contribution >= 0.6 is 0 Å². The summed E-state index contributed by atoms with van der Waals surface area (Å²) in [5, 5.41) is 0. The van der Waals surface area contributed by atoms with Crippen molar-refractivity contribution in [1.82, 2.24) is 0 Å². The van der Waals surface area contributed by atoms with Crippen molar-refractivity contribution in [2.24, 2.45) is 40.4 Å². The number of methoxy groups -OCH3 is 1. The largest absolute Gasteiger partial charge is 0.469 e. The van der Waals surface area contributed by atoms with Crippen molar-refractivity contribution in [2.45, 2.75) is 110 Å². The molecule has 5 aliphatic rings. The summed E-state index contributed by atoms with van der Waals surface area (Å²) in [6.07, 6.45) is 8.54. The predicted molar refractivity (Wildman–Crippen MR) is 125 cm³/mol. The van der Waals surface area contributed by atoms with Crippen LogP contribution in [0.15, 0.2) is 11.4 Å². The van der Waals surface area contributed by atoms with Crippen LogP contribution in [0.25, 0.3) is 0 Å². The molecule has 9 atom stereocenters. The highest BCUT2D eigenvalue weighted by molar-refractivity contribution is 5.69. The molecule has 3 saturated carbocycles. The van der Waals surface area contributed by atoms with E-state index in [9.17, 15) is 4.79 Å². The molecule has 0 amide bonds. The lowest BCUT2D eigenvalue weighted by Gasteiger charge is -2.58. The van der Waals surface area contributed by atoms with Gasteiger partial charge in [-0.3, -0.25) is 4.79 Å². The van der Waals surface area contributed by atoms with Crippen LogP contribution in [-0.2, 0) is 19.0 Å². The van der Waals surface area contributed by atoms with E-state index >= 15 is 4.39 Å². The van der Waals surface area contributed by atoms with Crippen molar-refractivity contribution in [1.29, 1.82) is 0 Å². The maximum atomic E-state index is 16.1. The summed E-state index contributed by atoms with van der Waals surface area (Å²) in [7, 11) is 1.46. The maximum absolute atomic E-state index is 16.1. The van der Waals surface area contributed by atoms with E-state index in [-0.39, 0.29) is 40.8 Å². The van der Waals surface area contributed by atoms with Crippen LogP contribution in [0.4, 0.5) is 4.39 Å². The molecule has 0 aromatic rings. The average Bonchev–Trinajstić information content (AvgIpc) is 3.28. The molecule has 0 radical (unpaired) electrons. The van der Waals surface area contributed by atoms with Gasteiger partial charge < -0.3 is 14.2 Å². The van der Waals surface area contributed by atoms with Gasteiger partial charge in [-0.05, 0) is 105 Å². The molecule has 5 heteroatoms. The Kier molecular flexibility index (Phi) is 5.80. The molecule has 1 heterocycles. The Labute approximate surface area is 199 Å². The van der Waals surface area contributed by atoms with Crippen LogP contribution in [0.3, 0.4) is 0 Å². The standard InChI is InChI=1S/C28H43FO4/c1-16(7-10-23(30)31-6)17-8-9-18-24-19(11-13-27(17,18)4)28(5)14-12-22-25(20(28)15-21(24)29)33-26(2,3)32-22/h16-20,22,25H,7-15H2,1-6H3/t16-,17-,18+,19+,20+,22+,25-,27-,28-/m1/s1. The number of hydrogen-bond donors (Lipinski definition) is 0. The van der Waals surface area contributed by atoms with Gasteiger partial charge in [-0.2, -0.15) is 0 Å². The van der Waals surface area contributed by atoms with Gasteiger partial charge in [0.25, 0.3) is 0 Å². The normalized spacial score (nSPS) is 46.8. The molecule has 0 N–H and O–H groups in total. The van der Waals surface area contributed by atoms with Gasteiger partial charge in [0.1, 0.15) is 5.83 Å². The number of halogens is 1. The molecular weight excluding hydrogens is 419 g/mol. The van der Waals surface area contributed by atoms with Crippen molar-refractivity contribution in [3.05, 3.63) is 11.4 Å². The maximum Gasteiger partial charge on any atom is 0.305 e. The summed E-state index contributed by atoms with van der Waals surface area (Å²) in [6, 6.07) is 0. The van der Waals surface area contributed by atoms with Crippen molar-refractivity contribution in [3.63, 3.8) is 0 Å². The molecule has 0 aromatic carbocycles. The summed E-state index contributed by atoms with van der Waals surface area (Å²) in [5.74, 6) is 1.34. The SMILES string of the molecule is COC(=O)CC[C@@H](C)[C@H]1CC[C@H]2C3=C(F)C[C@H]4[C@H]5OC(C)(C)O[C@H]5CC[C@]4(C)[C@H]3CC[C@]12C. The third-order valence-electron chi connectivity index (χ3n) is 10.8. The minimum absolute atomic E-state index is 0.00836. The molecule has 0 bridgehead atoms. The number of ether oxygens (including phenoxy) is 3. The van der Waals surface area contributed by atoms with E-state index < -0.39 is 5.79 Å². The fourth-order valence-electron chi connectivity index (χ4n) is 9.17. The first kappa shape index (κ1) is 23.8. The highest BCUT2D eigenvalue weighted by Crippen LogP contribution is 2.69. The molecule has 4 aliphatic carbocycles. The molecular formula is C28H43FO4. The molecule has 1 aliphatic heterocycles. The van der Waals surface area contributed by atoms with Gasteiger partial charge in [0.2, 0.25) is 0 Å². The molecule has 33 heavy (non-hydrogen) atoms. The van der Waals surface area contributed by atoms with Crippen LogP contribution in [0, 0.1) is 40.4 Å². The number of carbonyl (C=O) groups is 1. The van der Waals surface area contributed by atoms with Crippen molar-refractivity contribution in [3.8, 4) is 0 Å². The number of hydrogen-bond acceptors (Lipinski definition) is 4. The van der Waals surface area contributed by atoms with Gasteiger partial charge >= 0.3 is 5.97 Å². The zero-order chi connectivity index (χ0) is 23.8. The summed E-state index contributed by atoms with van der Waals surface area (Å²) in [5.41, 5.74) is 1.39. The van der Waals surface area contributed by atoms with Gasteiger partial charge in [-0.1, -0.05) is 20.8 Å². The number of esters is 1. The van der Waals surface area contributed by atoms with E-state index in [1.165, 1.54) is 12.7 Å². The third kappa shape index (κ3) is 3.63. The van der Waals surface area contributed by atoms with Crippen LogP contribution < -0.4 is 0 Å². The van der Waals surface area contributed by atoms with E-state index in [2.05, 4.69) is 20.8 Å². The molecule has 1 saturated heterocycles. The van der Waals surface area contributed by atoms with Gasteiger partial charge in [0.15, 0.2) is 5.79 Å². The lowest BCUT2D eigenvalue weighted by Crippen LogP contribution is -2.55. The first-order valence-electron chi connectivity index (χ1n) is 13.3. The van der Waals surface area contributed by atoms with Gasteiger partial charge in [0.05, 0.1) is 19.3 Å². The van der Waals surface area contributed by atoms with Crippen molar-refractivity contribution in [2.75, 3.05) is 7.11 Å². The minimum Gasteiger partial charge on any atom is -0.469 e. The van der Waals surface area contributed by atoms with Crippen LogP contribution in [0.5, 0.6) is 0 Å². The molecule has 4 nitrogen and oxygen atoms in total. The van der Waals surface area contributed by atoms with E-state index in [4.69, 9.17) is 14.2 Å². The van der Waals surface area contributed by atoms with Crippen LogP contribution in [-0.4, -0.2) is 31.1 Å². The topological polar surface area (TPSA) is 44.8 Å². The Morgan fingerprint density at radius 1 is 1.06 bits per heavy atom. The molecule has 0 spiro atoms. The van der Waals surface area contributed by atoms with E-state index in [1.54, 1.807) is 0 Å². The second-order valence-electron chi connectivity index (χ2n) is 12.8. The third-order valence-corrected chi connectivity index (χ3v) is 10.8. The zero-order valence-electron chi connectivity index (χ0n) is 21.4. The van der Waals surface area contributed by atoms with Gasteiger partial charge in [0, 0.05) is 12.8 Å². The Balaban J connectivity index is 1.41. The Morgan fingerprint density at radius 3 is 2.48 bits per heavy atom. The van der Waals surface area contributed by atoms with Crippen molar-refractivity contribution >= 4 is 5.97 Å². The van der Waals surface area contributed by atoms with E-state index in [1.807, 2.05) is 13.8 Å². The average molecular weight is 463 g/mol. The van der Waals surface area contributed by atoms with E-state index in [0.29, 0.717) is 36.5 Å². The lowest BCUT2D eigenvalue weighted by atomic mass is 9.47. The highest BCUT2D eigenvalue weighted by Gasteiger charge is 2.63. The Morgan fingerprint density at radius 2 is 1.76 bits per heavy atom. The number of allylic oxidation sites excluding steroid dienone is 2. The molecule has 5 rings (SSSR count). The van der Waals surface area contributed by atoms with Crippen molar-refractivity contribution < 1.29 is 23.4 Å². The fraction of sp³-hybridized carbons (Fsp3) is 0.893. The summed E-state index contributed by atoms with van der Waals surface area (Å²) in [6.45, 7) is 11.1. The summed E-state index contributed by atoms with van der Waals surface area (Å²) < 4.78 is 33.5. The van der Waals surface area contributed by atoms with Crippen LogP contribution in [0.1, 0.15) is 92.4 Å². The second kappa shape index (κ2) is 8.05. The minimum atomic E-state index is -0.564. The number of carbonyl (C=O) groups excluding carboxylic acids is 1. The Bertz CT molecular complexity index is 836. The predicted octanol–water partition coefficient (Wildman–Crippen LogP) is 6.58. The van der Waals surface area contributed by atoms with Crippen LogP contribution in [0.2, 0.25) is 0 Å². The smallest absolute Gasteiger partial charge is 0.305 e. The first-order valence-corrected chi connectivity index (χ1v) is 13.3. The quantitative estimate of drug-likeness (QED) is 0.443. The molecule has 0 unspecified atom stereocenters. The van der Waals surface area contributed by atoms with Gasteiger partial charge in [-0.15, -0.1) is 0 Å². The zero-order valence-corrected chi connectivity index (χ0v) is 21.4. The lowest BCUT2D eigenvalue weighted by molar-refractivity contribution is -0.154. The first-order chi connectivity index (χ1) is 15.5.